The normalized spacial score (nSPS) is 10.8. The summed E-state index contributed by atoms with van der Waals surface area (Å²) >= 11 is 0. The molecular formula is C7H8N5O4-. The molecule has 2 heterocycles. The zero-order valence-corrected chi connectivity index (χ0v) is 8.01. The van der Waals surface area contributed by atoms with Crippen LogP contribution in [0, 0.1) is 10.4 Å². The van der Waals surface area contributed by atoms with E-state index in [0.29, 0.717) is 0 Å². The van der Waals surface area contributed by atoms with Gasteiger partial charge in [0.1, 0.15) is 0 Å². The van der Waals surface area contributed by atoms with Gasteiger partial charge in [0.2, 0.25) is 0 Å². The third-order valence-corrected chi connectivity index (χ3v) is 2.07. The predicted octanol–water partition coefficient (Wildman–Crippen LogP) is -2.19. The van der Waals surface area contributed by atoms with E-state index in [1.165, 1.54) is 4.68 Å². The van der Waals surface area contributed by atoms with Gasteiger partial charge in [-0.05, 0) is 0 Å². The molecule has 2 aromatic rings. The van der Waals surface area contributed by atoms with Crippen molar-refractivity contribution in [3.63, 3.8) is 0 Å². The summed E-state index contributed by atoms with van der Waals surface area (Å²) in [4.78, 5) is 16.8. The first kappa shape index (κ1) is 10.2. The Morgan fingerprint density at radius 3 is 2.94 bits per heavy atom. The molecule has 0 fully saturated rings. The largest absolute Gasteiger partial charge is 0.712 e. The lowest BCUT2D eigenvalue weighted by molar-refractivity contribution is 0.270. The lowest BCUT2D eigenvalue weighted by atomic mass is 10.4. The van der Waals surface area contributed by atoms with E-state index in [1.807, 2.05) is 0 Å². The standard InChI is InChI=1S/C7H8N5O4/c13-2-1-11-5-4(6(10-11)12(15)16)7(14)9-3-8-5/h3,10,13H,1-2H2,(H-,8,9,14,15,16)/q-1. The van der Waals surface area contributed by atoms with E-state index in [2.05, 4.69) is 15.1 Å². The lowest BCUT2D eigenvalue weighted by Crippen LogP contribution is -2.25. The fourth-order valence-electron chi connectivity index (χ4n) is 1.44. The molecule has 0 aliphatic carbocycles. The van der Waals surface area contributed by atoms with Crippen molar-refractivity contribution >= 4 is 11.0 Å². The molecule has 0 aliphatic rings. The first-order chi connectivity index (χ1) is 7.65. The summed E-state index contributed by atoms with van der Waals surface area (Å²) in [5, 5.41) is 32.5. The Bertz CT molecular complexity index is 632. The Kier molecular flexibility index (Phi) is 2.37. The third-order valence-electron chi connectivity index (χ3n) is 2.07. The van der Waals surface area contributed by atoms with Gasteiger partial charge in [-0.3, -0.25) is 9.70 Å². The summed E-state index contributed by atoms with van der Waals surface area (Å²) < 4.78 is 1.25. The number of rotatable bonds is 2. The van der Waals surface area contributed by atoms with Gasteiger partial charge >= 0.3 is 5.49 Å². The topological polar surface area (TPSA) is 136 Å². The second-order valence-electron chi connectivity index (χ2n) is 3.02. The number of fused-ring (bicyclic) bond motifs is 1. The Morgan fingerprint density at radius 1 is 1.56 bits per heavy atom. The van der Waals surface area contributed by atoms with Crippen molar-refractivity contribution in [1.29, 1.82) is 0 Å². The number of hydrogen-bond donors (Lipinski definition) is 3. The van der Waals surface area contributed by atoms with Gasteiger partial charge in [0.05, 0.1) is 19.5 Å². The van der Waals surface area contributed by atoms with E-state index in [9.17, 15) is 15.2 Å². The SMILES string of the molecule is O=c1[nH]cnc2c1c(=[N+]([O-])[O-])[nH]n2CCO. The molecule has 2 aromatic heterocycles. The maximum Gasteiger partial charge on any atom is 0.316 e. The molecule has 0 saturated carbocycles. The summed E-state index contributed by atoms with van der Waals surface area (Å²) in [6, 6.07) is 0. The van der Waals surface area contributed by atoms with Crippen molar-refractivity contribution in [2.45, 2.75) is 6.54 Å². The predicted molar refractivity (Wildman–Crippen MR) is 53.8 cm³/mol. The van der Waals surface area contributed by atoms with Crippen molar-refractivity contribution in [2.75, 3.05) is 6.61 Å². The second kappa shape index (κ2) is 3.70. The molecule has 2 rings (SSSR count). The quantitative estimate of drug-likeness (QED) is 0.500. The van der Waals surface area contributed by atoms with Gasteiger partial charge in [-0.1, -0.05) is 0 Å². The third kappa shape index (κ3) is 1.42. The highest BCUT2D eigenvalue weighted by molar-refractivity contribution is 5.72. The zero-order valence-electron chi connectivity index (χ0n) is 8.01. The number of aliphatic hydroxyl groups excluding tert-OH is 1. The summed E-state index contributed by atoms with van der Waals surface area (Å²) in [7, 11) is 0. The van der Waals surface area contributed by atoms with Gasteiger partial charge in [-0.25, -0.2) is 4.98 Å². The molecule has 9 heteroatoms. The fraction of sp³-hybridized carbons (Fsp3) is 0.286. The average molecular weight is 226 g/mol. The van der Waals surface area contributed by atoms with Crippen molar-refractivity contribution in [2.24, 2.45) is 0 Å². The molecule has 16 heavy (non-hydrogen) atoms. The van der Waals surface area contributed by atoms with Crippen molar-refractivity contribution in [3.8, 4) is 0 Å². The summed E-state index contributed by atoms with van der Waals surface area (Å²) in [5.41, 5.74) is -0.882. The maximum absolute atomic E-state index is 11.4. The monoisotopic (exact) mass is 226 g/mol. The first-order valence-corrected chi connectivity index (χ1v) is 4.39. The van der Waals surface area contributed by atoms with Crippen LogP contribution in [0.3, 0.4) is 0 Å². The van der Waals surface area contributed by atoms with Crippen LogP contribution in [-0.4, -0.2) is 31.5 Å². The molecule has 0 atom stereocenters. The molecule has 0 spiro atoms. The summed E-state index contributed by atoms with van der Waals surface area (Å²) in [5.74, 6) is 0. The minimum atomic E-state index is -0.701. The molecule has 0 aromatic carbocycles. The Labute approximate surface area is 87.4 Å². The van der Waals surface area contributed by atoms with Crippen LogP contribution in [0.15, 0.2) is 11.1 Å². The van der Waals surface area contributed by atoms with Gasteiger partial charge in [0.25, 0.3) is 5.56 Å². The molecule has 9 nitrogen and oxygen atoms in total. The molecule has 0 bridgehead atoms. The van der Waals surface area contributed by atoms with E-state index in [-0.39, 0.29) is 24.2 Å². The minimum Gasteiger partial charge on any atom is -0.712 e. The molecule has 3 N–H and O–H groups in total. The van der Waals surface area contributed by atoms with E-state index in [0.717, 1.165) is 6.33 Å². The first-order valence-electron chi connectivity index (χ1n) is 4.39. The molecular weight excluding hydrogens is 218 g/mol. The van der Waals surface area contributed by atoms with Gasteiger partial charge in [0.15, 0.2) is 11.0 Å². The van der Waals surface area contributed by atoms with Crippen LogP contribution in [-0.2, 0) is 6.54 Å². The number of nitrogens with one attached hydrogen (secondary N) is 2. The van der Waals surface area contributed by atoms with Crippen LogP contribution in [0.1, 0.15) is 0 Å². The van der Waals surface area contributed by atoms with Crippen LogP contribution in [0.2, 0.25) is 0 Å². The van der Waals surface area contributed by atoms with Crippen LogP contribution in [0.25, 0.3) is 11.0 Å². The average Bonchev–Trinajstić information content (AvgIpc) is 2.60. The Balaban J connectivity index is 2.94. The van der Waals surface area contributed by atoms with Crippen molar-refractivity contribution in [3.05, 3.63) is 32.6 Å². The number of nitrogens with zero attached hydrogens (tertiary/aromatic N) is 3. The van der Waals surface area contributed by atoms with Crippen molar-refractivity contribution < 1.29 is 5.11 Å². The van der Waals surface area contributed by atoms with Gasteiger partial charge < -0.3 is 20.5 Å². The number of hydrogen-bond acceptors (Lipinski definition) is 5. The smallest absolute Gasteiger partial charge is 0.316 e. The molecule has 86 valence electrons. The van der Waals surface area contributed by atoms with Crippen LogP contribution in [0.4, 0.5) is 0 Å². The number of aromatic amines is 2. The highest BCUT2D eigenvalue weighted by atomic mass is 16.8. The van der Waals surface area contributed by atoms with Crippen LogP contribution >= 0.6 is 0 Å². The molecule has 0 amide bonds. The molecule has 0 unspecified atom stereocenters. The van der Waals surface area contributed by atoms with Crippen molar-refractivity contribution in [1.82, 2.24) is 24.7 Å². The van der Waals surface area contributed by atoms with Gasteiger partial charge in [0, 0.05) is 0 Å². The number of H-pyrrole nitrogens is 2. The lowest BCUT2D eigenvalue weighted by Gasteiger charge is -2.07. The highest BCUT2D eigenvalue weighted by Crippen LogP contribution is 1.98. The Hall–Kier alpha value is -2.29. The molecule has 0 aliphatic heterocycles. The van der Waals surface area contributed by atoms with E-state index >= 15 is 0 Å². The van der Waals surface area contributed by atoms with E-state index < -0.39 is 15.9 Å². The fourth-order valence-corrected chi connectivity index (χ4v) is 1.44. The summed E-state index contributed by atoms with van der Waals surface area (Å²) in [6.07, 6.45) is 1.15. The molecule has 0 radical (unpaired) electrons. The van der Waals surface area contributed by atoms with Crippen LogP contribution < -0.4 is 15.9 Å². The van der Waals surface area contributed by atoms with Crippen LogP contribution in [0.5, 0.6) is 0 Å². The highest BCUT2D eigenvalue weighted by Gasteiger charge is 2.14. The summed E-state index contributed by atoms with van der Waals surface area (Å²) in [6.45, 7) is -0.118. The number of aliphatic hydroxyl groups is 1. The minimum absolute atomic E-state index is 0.0980. The molecule has 0 saturated heterocycles. The maximum atomic E-state index is 11.4. The second-order valence-corrected chi connectivity index (χ2v) is 3.02. The van der Waals surface area contributed by atoms with E-state index in [1.54, 1.807) is 0 Å². The van der Waals surface area contributed by atoms with Gasteiger partial charge in [-0.2, -0.15) is 9.78 Å². The van der Waals surface area contributed by atoms with Gasteiger partial charge in [-0.15, -0.1) is 0 Å². The van der Waals surface area contributed by atoms with E-state index in [4.69, 9.17) is 5.11 Å². The Morgan fingerprint density at radius 2 is 2.31 bits per heavy atom. The number of aromatic nitrogens is 4. The zero-order chi connectivity index (χ0) is 11.7.